The van der Waals surface area contributed by atoms with Crippen LogP contribution in [0.15, 0.2) is 18.2 Å². The molecule has 1 fully saturated rings. The Balaban J connectivity index is 2.43. The van der Waals surface area contributed by atoms with E-state index in [9.17, 15) is 0 Å². The number of ether oxygens (including phenoxy) is 1. The molecule has 2 nitrogen and oxygen atoms in total. The van der Waals surface area contributed by atoms with Crippen LogP contribution in [0.4, 0.5) is 0 Å². The molecule has 82 valence electrons. The van der Waals surface area contributed by atoms with Crippen molar-refractivity contribution in [1.82, 2.24) is 0 Å². The van der Waals surface area contributed by atoms with Gasteiger partial charge in [-0.2, -0.15) is 0 Å². The van der Waals surface area contributed by atoms with Crippen LogP contribution in [0.3, 0.4) is 0 Å². The van der Waals surface area contributed by atoms with E-state index in [1.165, 1.54) is 0 Å². The first kappa shape index (κ1) is 11.2. The second-order valence-corrected chi connectivity index (χ2v) is 4.91. The highest BCUT2D eigenvalue weighted by Gasteiger charge is 2.44. The van der Waals surface area contributed by atoms with Crippen LogP contribution in [-0.4, -0.2) is 19.3 Å². The van der Waals surface area contributed by atoms with E-state index in [-0.39, 0.29) is 11.5 Å². The van der Waals surface area contributed by atoms with Gasteiger partial charge in [-0.25, -0.2) is 0 Å². The summed E-state index contributed by atoms with van der Waals surface area (Å²) >= 11 is 12.0. The Hall–Kier alpha value is -0.280. The molecule has 0 spiro atoms. The van der Waals surface area contributed by atoms with E-state index in [0.29, 0.717) is 23.3 Å². The van der Waals surface area contributed by atoms with Gasteiger partial charge in [0.15, 0.2) is 0 Å². The molecule has 0 bridgehead atoms. The fraction of sp³-hybridized carbons (Fsp3) is 0.455. The SMILES string of the molecule is CC(N)C1(c2ccc(Cl)cc2Cl)COC1. The van der Waals surface area contributed by atoms with E-state index >= 15 is 0 Å². The summed E-state index contributed by atoms with van der Waals surface area (Å²) in [5.74, 6) is 0. The molecule has 1 aliphatic rings. The third-order valence-electron chi connectivity index (χ3n) is 3.06. The molecule has 1 atom stereocenters. The molecule has 2 N–H and O–H groups in total. The minimum atomic E-state index is -0.137. The molecule has 1 saturated heterocycles. The Kier molecular flexibility index (Phi) is 2.95. The third-order valence-corrected chi connectivity index (χ3v) is 3.61. The van der Waals surface area contributed by atoms with Gasteiger partial charge in [0.05, 0.1) is 18.6 Å². The van der Waals surface area contributed by atoms with Crippen molar-refractivity contribution in [1.29, 1.82) is 0 Å². The number of benzene rings is 1. The molecule has 0 saturated carbocycles. The highest BCUT2D eigenvalue weighted by atomic mass is 35.5. The summed E-state index contributed by atoms with van der Waals surface area (Å²) in [6.45, 7) is 3.24. The normalized spacial score (nSPS) is 20.8. The van der Waals surface area contributed by atoms with E-state index in [0.717, 1.165) is 5.56 Å². The van der Waals surface area contributed by atoms with Gasteiger partial charge in [-0.3, -0.25) is 0 Å². The fourth-order valence-electron chi connectivity index (χ4n) is 1.88. The van der Waals surface area contributed by atoms with Gasteiger partial charge in [0.1, 0.15) is 0 Å². The van der Waals surface area contributed by atoms with Crippen molar-refractivity contribution < 1.29 is 4.74 Å². The molecular weight excluding hydrogens is 233 g/mol. The molecule has 0 aliphatic carbocycles. The van der Waals surface area contributed by atoms with E-state index < -0.39 is 0 Å². The average molecular weight is 246 g/mol. The molecule has 1 aromatic carbocycles. The number of halogens is 2. The van der Waals surface area contributed by atoms with Gasteiger partial charge < -0.3 is 10.5 Å². The first-order chi connectivity index (χ1) is 7.06. The van der Waals surface area contributed by atoms with Crippen LogP contribution in [0.25, 0.3) is 0 Å². The summed E-state index contributed by atoms with van der Waals surface area (Å²) in [6, 6.07) is 5.55. The molecule has 1 heterocycles. The van der Waals surface area contributed by atoms with Crippen molar-refractivity contribution in [2.24, 2.45) is 5.73 Å². The summed E-state index contributed by atoms with van der Waals surface area (Å²) in [4.78, 5) is 0. The predicted molar refractivity (Wildman–Crippen MR) is 62.6 cm³/mol. The number of hydrogen-bond acceptors (Lipinski definition) is 2. The molecule has 0 amide bonds. The zero-order valence-electron chi connectivity index (χ0n) is 8.47. The Labute approximate surface area is 99.3 Å². The van der Waals surface area contributed by atoms with Gasteiger partial charge in [0.2, 0.25) is 0 Å². The van der Waals surface area contributed by atoms with Crippen LogP contribution in [0.5, 0.6) is 0 Å². The van der Waals surface area contributed by atoms with Crippen molar-refractivity contribution in [2.45, 2.75) is 18.4 Å². The van der Waals surface area contributed by atoms with Crippen LogP contribution < -0.4 is 5.73 Å². The third kappa shape index (κ3) is 1.76. The molecule has 1 unspecified atom stereocenters. The smallest absolute Gasteiger partial charge is 0.0601 e. The lowest BCUT2D eigenvalue weighted by Crippen LogP contribution is -2.57. The van der Waals surface area contributed by atoms with E-state index in [1.54, 1.807) is 6.07 Å². The van der Waals surface area contributed by atoms with Crippen LogP contribution in [0.1, 0.15) is 12.5 Å². The van der Waals surface area contributed by atoms with Gasteiger partial charge in [-0.15, -0.1) is 0 Å². The Morgan fingerprint density at radius 1 is 1.40 bits per heavy atom. The molecule has 15 heavy (non-hydrogen) atoms. The van der Waals surface area contributed by atoms with Gasteiger partial charge >= 0.3 is 0 Å². The summed E-state index contributed by atoms with van der Waals surface area (Å²) < 4.78 is 5.27. The van der Waals surface area contributed by atoms with Gasteiger partial charge in [-0.1, -0.05) is 29.3 Å². The maximum Gasteiger partial charge on any atom is 0.0601 e. The maximum atomic E-state index is 6.18. The van der Waals surface area contributed by atoms with Gasteiger partial charge in [0, 0.05) is 16.1 Å². The topological polar surface area (TPSA) is 35.2 Å². The van der Waals surface area contributed by atoms with E-state index in [1.807, 2.05) is 19.1 Å². The Morgan fingerprint density at radius 3 is 2.47 bits per heavy atom. The minimum absolute atomic E-state index is 0.0184. The average Bonchev–Trinajstić information content (AvgIpc) is 2.05. The molecule has 2 rings (SSSR count). The minimum Gasteiger partial charge on any atom is -0.379 e. The van der Waals surface area contributed by atoms with Crippen molar-refractivity contribution >= 4 is 23.2 Å². The molecule has 4 heteroatoms. The molecular formula is C11H13Cl2NO. The maximum absolute atomic E-state index is 6.18. The Morgan fingerprint density at radius 2 is 2.07 bits per heavy atom. The zero-order chi connectivity index (χ0) is 11.1. The van der Waals surface area contributed by atoms with E-state index in [2.05, 4.69) is 0 Å². The summed E-state index contributed by atoms with van der Waals surface area (Å²) in [5, 5.41) is 1.31. The summed E-state index contributed by atoms with van der Waals surface area (Å²) in [7, 11) is 0. The lowest BCUT2D eigenvalue weighted by molar-refractivity contribution is -0.0701. The van der Waals surface area contributed by atoms with Gasteiger partial charge in [-0.05, 0) is 24.6 Å². The molecule has 1 aromatic rings. The monoisotopic (exact) mass is 245 g/mol. The first-order valence-electron chi connectivity index (χ1n) is 4.85. The lowest BCUT2D eigenvalue weighted by atomic mass is 9.73. The standard InChI is InChI=1S/C11H13Cl2NO/c1-7(14)11(5-15-6-11)9-3-2-8(12)4-10(9)13/h2-4,7H,5-6,14H2,1H3. The largest absolute Gasteiger partial charge is 0.379 e. The van der Waals surface area contributed by atoms with Crippen molar-refractivity contribution in [3.8, 4) is 0 Å². The van der Waals surface area contributed by atoms with Crippen LogP contribution in [0, 0.1) is 0 Å². The summed E-state index contributed by atoms with van der Waals surface area (Å²) in [5.41, 5.74) is 6.90. The number of hydrogen-bond donors (Lipinski definition) is 1. The first-order valence-corrected chi connectivity index (χ1v) is 5.61. The lowest BCUT2D eigenvalue weighted by Gasteiger charge is -2.45. The van der Waals surface area contributed by atoms with Crippen LogP contribution in [0.2, 0.25) is 10.0 Å². The zero-order valence-corrected chi connectivity index (χ0v) is 9.98. The fourth-order valence-corrected chi connectivity index (χ4v) is 2.48. The van der Waals surface area contributed by atoms with Crippen molar-refractivity contribution in [3.63, 3.8) is 0 Å². The number of nitrogens with two attached hydrogens (primary N) is 1. The second kappa shape index (κ2) is 3.95. The number of rotatable bonds is 2. The Bertz CT molecular complexity index is 375. The predicted octanol–water partition coefficient (Wildman–Crippen LogP) is 2.61. The van der Waals surface area contributed by atoms with E-state index in [4.69, 9.17) is 33.7 Å². The second-order valence-electron chi connectivity index (χ2n) is 4.06. The highest BCUT2D eigenvalue weighted by Crippen LogP contribution is 2.39. The summed E-state index contributed by atoms with van der Waals surface area (Å²) in [6.07, 6.45) is 0. The van der Waals surface area contributed by atoms with Crippen molar-refractivity contribution in [3.05, 3.63) is 33.8 Å². The highest BCUT2D eigenvalue weighted by molar-refractivity contribution is 6.35. The molecule has 1 aliphatic heterocycles. The van der Waals surface area contributed by atoms with Crippen LogP contribution in [-0.2, 0) is 10.2 Å². The molecule has 0 aromatic heterocycles. The quantitative estimate of drug-likeness (QED) is 0.870. The van der Waals surface area contributed by atoms with Crippen LogP contribution >= 0.6 is 23.2 Å². The van der Waals surface area contributed by atoms with Crippen molar-refractivity contribution in [2.75, 3.05) is 13.2 Å². The molecule has 0 radical (unpaired) electrons. The van der Waals surface area contributed by atoms with Gasteiger partial charge in [0.25, 0.3) is 0 Å².